The van der Waals surface area contributed by atoms with Crippen LogP contribution in [0.2, 0.25) is 0 Å². The third-order valence-corrected chi connectivity index (χ3v) is 4.48. The first-order chi connectivity index (χ1) is 10.8. The number of benzene rings is 1. The van der Waals surface area contributed by atoms with E-state index in [-0.39, 0.29) is 18.3 Å². The summed E-state index contributed by atoms with van der Waals surface area (Å²) in [6, 6.07) is 8.06. The third-order valence-electron chi connectivity index (χ3n) is 4.48. The molecule has 0 unspecified atom stereocenters. The Labute approximate surface area is 140 Å². The van der Waals surface area contributed by atoms with E-state index in [2.05, 4.69) is 39.1 Å². The molecule has 0 aromatic heterocycles. The summed E-state index contributed by atoms with van der Waals surface area (Å²) in [6.07, 6.45) is 2.12. The van der Waals surface area contributed by atoms with Gasteiger partial charge in [0.1, 0.15) is 5.75 Å². The van der Waals surface area contributed by atoms with Gasteiger partial charge in [0.2, 0.25) is 0 Å². The summed E-state index contributed by atoms with van der Waals surface area (Å²) in [5, 5.41) is 3.20. The second-order valence-corrected chi connectivity index (χ2v) is 6.84. The van der Waals surface area contributed by atoms with E-state index >= 15 is 0 Å². The van der Waals surface area contributed by atoms with Crippen LogP contribution in [0.15, 0.2) is 29.7 Å². The predicted octanol–water partition coefficient (Wildman–Crippen LogP) is 3.32. The molecule has 1 aromatic carbocycles. The second kappa shape index (κ2) is 7.08. The average Bonchev–Trinajstić information content (AvgIpc) is 2.69. The maximum Gasteiger partial charge on any atom is 0.491 e. The van der Waals surface area contributed by atoms with Gasteiger partial charge in [0.25, 0.3) is 0 Å². The fourth-order valence-corrected chi connectivity index (χ4v) is 2.44. The predicted molar refractivity (Wildman–Crippen MR) is 95.6 cm³/mol. The molecule has 0 saturated carbocycles. The highest BCUT2D eigenvalue weighted by Crippen LogP contribution is 2.38. The fourth-order valence-electron chi connectivity index (χ4n) is 2.44. The maximum absolute atomic E-state index is 6.16. The smallest absolute Gasteiger partial charge is 0.491 e. The quantitative estimate of drug-likeness (QED) is 0.817. The van der Waals surface area contributed by atoms with Gasteiger partial charge in [-0.1, -0.05) is 18.2 Å². The van der Waals surface area contributed by atoms with Gasteiger partial charge < -0.3 is 19.4 Å². The van der Waals surface area contributed by atoms with Gasteiger partial charge in [0.05, 0.1) is 17.8 Å². The van der Waals surface area contributed by atoms with E-state index in [0.717, 1.165) is 16.8 Å². The average molecular weight is 317 g/mol. The molecule has 5 heteroatoms. The van der Waals surface area contributed by atoms with Crippen molar-refractivity contribution in [3.8, 4) is 5.75 Å². The zero-order valence-corrected chi connectivity index (χ0v) is 15.1. The number of rotatable bonds is 6. The first-order valence-corrected chi connectivity index (χ1v) is 8.22. The van der Waals surface area contributed by atoms with E-state index in [9.17, 15) is 0 Å². The van der Waals surface area contributed by atoms with Gasteiger partial charge in [-0.2, -0.15) is 0 Å². The van der Waals surface area contributed by atoms with Crippen LogP contribution in [0.25, 0.3) is 6.08 Å². The first kappa shape index (κ1) is 18.0. The number of hydrogen-bond donors (Lipinski definition) is 1. The number of nitrogens with one attached hydrogen (secondary N) is 1. The summed E-state index contributed by atoms with van der Waals surface area (Å²) < 4.78 is 17.8. The van der Waals surface area contributed by atoms with Crippen LogP contribution in [0.5, 0.6) is 5.75 Å². The highest BCUT2D eigenvalue weighted by atomic mass is 16.7. The summed E-state index contributed by atoms with van der Waals surface area (Å²) in [5.41, 5.74) is 1.52. The Hall–Kier alpha value is -1.30. The topological polar surface area (TPSA) is 39.7 Å². The van der Waals surface area contributed by atoms with Crippen LogP contribution in [-0.2, 0) is 9.31 Å². The van der Waals surface area contributed by atoms with Crippen molar-refractivity contribution in [1.29, 1.82) is 0 Å². The van der Waals surface area contributed by atoms with Crippen LogP contribution in [-0.4, -0.2) is 38.5 Å². The van der Waals surface area contributed by atoms with E-state index in [1.807, 2.05) is 38.2 Å². The van der Waals surface area contributed by atoms with Crippen molar-refractivity contribution in [3.63, 3.8) is 0 Å². The molecule has 1 heterocycles. The minimum absolute atomic E-state index is 0.330. The second-order valence-electron chi connectivity index (χ2n) is 6.84. The minimum atomic E-state index is -0.334. The molecule has 126 valence electrons. The lowest BCUT2D eigenvalue weighted by Crippen LogP contribution is -2.41. The molecule has 2 rings (SSSR count). The Balaban J connectivity index is 2.21. The first-order valence-electron chi connectivity index (χ1n) is 8.22. The summed E-state index contributed by atoms with van der Waals surface area (Å²) >= 11 is 0. The SMILES string of the molecule is CCOc1ccc(C=C(CNC)B2OC(C)(C)C(C)(C)O2)cc1. The normalized spacial score (nSPS) is 19.9. The molecule has 0 aliphatic carbocycles. The largest absolute Gasteiger partial charge is 0.494 e. The lowest BCUT2D eigenvalue weighted by Gasteiger charge is -2.32. The van der Waals surface area contributed by atoms with Crippen molar-refractivity contribution in [3.05, 3.63) is 35.3 Å². The van der Waals surface area contributed by atoms with E-state index in [0.29, 0.717) is 13.2 Å². The van der Waals surface area contributed by atoms with Crippen molar-refractivity contribution in [2.24, 2.45) is 0 Å². The van der Waals surface area contributed by atoms with Crippen LogP contribution in [0, 0.1) is 0 Å². The Morgan fingerprint density at radius 3 is 2.17 bits per heavy atom. The van der Waals surface area contributed by atoms with Crippen LogP contribution < -0.4 is 10.1 Å². The molecule has 1 aliphatic rings. The number of hydrogen-bond acceptors (Lipinski definition) is 4. The lowest BCUT2D eigenvalue weighted by atomic mass is 9.77. The molecule has 1 N–H and O–H groups in total. The Morgan fingerprint density at radius 2 is 1.70 bits per heavy atom. The highest BCUT2D eigenvalue weighted by molar-refractivity contribution is 6.55. The summed E-state index contributed by atoms with van der Waals surface area (Å²) in [4.78, 5) is 0. The summed E-state index contributed by atoms with van der Waals surface area (Å²) in [5.74, 6) is 0.885. The molecule has 4 nitrogen and oxygen atoms in total. The standard InChI is InChI=1S/C18H28BNO3/c1-7-21-16-10-8-14(9-11-16)12-15(13-20-6)19-22-17(2,3)18(4,5)23-19/h8-12,20H,7,13H2,1-6H3. The molecule has 0 bridgehead atoms. The Kier molecular flexibility index (Phi) is 5.55. The fraction of sp³-hybridized carbons (Fsp3) is 0.556. The Bertz CT molecular complexity index is 536. The van der Waals surface area contributed by atoms with Crippen LogP contribution in [0.4, 0.5) is 0 Å². The van der Waals surface area contributed by atoms with Gasteiger partial charge in [0, 0.05) is 6.54 Å². The van der Waals surface area contributed by atoms with Crippen LogP contribution in [0.3, 0.4) is 0 Å². The van der Waals surface area contributed by atoms with Crippen molar-refractivity contribution in [2.45, 2.75) is 45.8 Å². The van der Waals surface area contributed by atoms with Crippen molar-refractivity contribution in [1.82, 2.24) is 5.32 Å². The van der Waals surface area contributed by atoms with Gasteiger partial charge in [-0.15, -0.1) is 0 Å². The van der Waals surface area contributed by atoms with Crippen molar-refractivity contribution < 1.29 is 14.0 Å². The van der Waals surface area contributed by atoms with Crippen LogP contribution >= 0.6 is 0 Å². The van der Waals surface area contributed by atoms with Gasteiger partial charge in [-0.25, -0.2) is 0 Å². The van der Waals surface area contributed by atoms with Gasteiger partial charge >= 0.3 is 7.12 Å². The van der Waals surface area contributed by atoms with E-state index in [1.165, 1.54) is 0 Å². The van der Waals surface area contributed by atoms with Gasteiger partial charge in [-0.3, -0.25) is 0 Å². The van der Waals surface area contributed by atoms with E-state index in [1.54, 1.807) is 0 Å². The molecule has 0 spiro atoms. The molecular formula is C18H28BNO3. The molecule has 23 heavy (non-hydrogen) atoms. The zero-order valence-electron chi connectivity index (χ0n) is 15.1. The van der Waals surface area contributed by atoms with Crippen molar-refractivity contribution >= 4 is 13.2 Å². The maximum atomic E-state index is 6.16. The van der Waals surface area contributed by atoms with Gasteiger partial charge in [-0.05, 0) is 64.8 Å². The molecule has 0 radical (unpaired) electrons. The molecule has 1 aromatic rings. The Morgan fingerprint density at radius 1 is 1.13 bits per heavy atom. The van der Waals surface area contributed by atoms with Gasteiger partial charge in [0.15, 0.2) is 0 Å². The highest BCUT2D eigenvalue weighted by Gasteiger charge is 2.52. The molecule has 0 amide bonds. The molecular weight excluding hydrogens is 289 g/mol. The van der Waals surface area contributed by atoms with E-state index in [4.69, 9.17) is 14.0 Å². The number of ether oxygens (including phenoxy) is 1. The third kappa shape index (κ3) is 4.16. The molecule has 1 aliphatic heterocycles. The minimum Gasteiger partial charge on any atom is -0.494 e. The zero-order chi connectivity index (χ0) is 17.1. The molecule has 1 fully saturated rings. The lowest BCUT2D eigenvalue weighted by molar-refractivity contribution is 0.00578. The molecule has 1 saturated heterocycles. The van der Waals surface area contributed by atoms with Crippen LogP contribution in [0.1, 0.15) is 40.2 Å². The summed E-state index contributed by atoms with van der Waals surface area (Å²) in [7, 11) is 1.59. The molecule has 0 atom stereocenters. The monoisotopic (exact) mass is 317 g/mol. The van der Waals surface area contributed by atoms with E-state index < -0.39 is 0 Å². The summed E-state index contributed by atoms with van der Waals surface area (Å²) in [6.45, 7) is 11.7. The number of likely N-dealkylation sites (N-methyl/N-ethyl adjacent to an activating group) is 1. The van der Waals surface area contributed by atoms with Crippen molar-refractivity contribution in [2.75, 3.05) is 20.2 Å².